The van der Waals surface area contributed by atoms with E-state index in [4.69, 9.17) is 19.9 Å². The molecule has 0 aliphatic rings. The minimum atomic E-state index is 0.445. The fourth-order valence-electron chi connectivity index (χ4n) is 2.52. The second kappa shape index (κ2) is 9.01. The molecule has 0 fully saturated rings. The van der Waals surface area contributed by atoms with Crippen LogP contribution < -0.4 is 9.47 Å². The van der Waals surface area contributed by atoms with E-state index in [0.29, 0.717) is 24.0 Å². The first-order valence-electron chi connectivity index (χ1n) is 8.62. The van der Waals surface area contributed by atoms with Crippen LogP contribution in [0.5, 0.6) is 11.5 Å². The third kappa shape index (κ3) is 4.48. The van der Waals surface area contributed by atoms with Gasteiger partial charge in [0.1, 0.15) is 15.7 Å². The fourth-order valence-corrected chi connectivity index (χ4v) is 3.65. The number of ether oxygens (including phenoxy) is 2. The molecule has 0 saturated heterocycles. The summed E-state index contributed by atoms with van der Waals surface area (Å²) in [4.78, 5) is 9.30. The number of hydrogen-bond donors (Lipinski definition) is 1. The molecule has 0 amide bonds. The number of thiazole rings is 1. The van der Waals surface area contributed by atoms with Crippen molar-refractivity contribution in [1.82, 2.24) is 9.97 Å². The second-order valence-corrected chi connectivity index (χ2v) is 7.18. The molecule has 0 aliphatic carbocycles. The van der Waals surface area contributed by atoms with Gasteiger partial charge in [-0.1, -0.05) is 6.07 Å². The van der Waals surface area contributed by atoms with Gasteiger partial charge in [0.25, 0.3) is 0 Å². The van der Waals surface area contributed by atoms with E-state index in [1.807, 2.05) is 61.9 Å². The summed E-state index contributed by atoms with van der Waals surface area (Å²) in [5.41, 5.74) is 3.21. The Balaban J connectivity index is 1.92. The lowest BCUT2D eigenvalue weighted by atomic mass is 10.2. The van der Waals surface area contributed by atoms with Gasteiger partial charge in [0.05, 0.1) is 24.6 Å². The van der Waals surface area contributed by atoms with Crippen LogP contribution in [0, 0.1) is 5.41 Å². The van der Waals surface area contributed by atoms with Crippen LogP contribution >= 0.6 is 23.1 Å². The van der Waals surface area contributed by atoms with Crippen LogP contribution in [-0.2, 0) is 0 Å². The Kier molecular flexibility index (Phi) is 6.47. The van der Waals surface area contributed by atoms with Gasteiger partial charge in [-0.3, -0.25) is 5.41 Å². The minimum absolute atomic E-state index is 0.445. The lowest BCUT2D eigenvalue weighted by molar-refractivity contribution is 0.288. The van der Waals surface area contributed by atoms with Gasteiger partial charge >= 0.3 is 0 Å². The predicted molar refractivity (Wildman–Crippen MR) is 113 cm³/mol. The van der Waals surface area contributed by atoms with Crippen molar-refractivity contribution in [3.8, 4) is 33.5 Å². The molecule has 0 unspecified atom stereocenters. The van der Waals surface area contributed by atoms with Crippen LogP contribution in [0.2, 0.25) is 0 Å². The van der Waals surface area contributed by atoms with Crippen molar-refractivity contribution in [2.75, 3.05) is 19.5 Å². The highest BCUT2D eigenvalue weighted by Gasteiger charge is 2.12. The summed E-state index contributed by atoms with van der Waals surface area (Å²) in [6.07, 6.45) is 1.87. The van der Waals surface area contributed by atoms with Gasteiger partial charge in [-0.05, 0) is 50.4 Å². The largest absolute Gasteiger partial charge is 0.490 e. The third-order valence-corrected chi connectivity index (χ3v) is 5.25. The van der Waals surface area contributed by atoms with Gasteiger partial charge in [0.2, 0.25) is 0 Å². The highest BCUT2D eigenvalue weighted by Crippen LogP contribution is 2.35. The van der Waals surface area contributed by atoms with E-state index >= 15 is 0 Å². The highest BCUT2D eigenvalue weighted by atomic mass is 32.2. The van der Waals surface area contributed by atoms with Gasteiger partial charge in [-0.15, -0.1) is 23.1 Å². The van der Waals surface area contributed by atoms with Crippen LogP contribution in [0.15, 0.2) is 41.8 Å². The van der Waals surface area contributed by atoms with Crippen molar-refractivity contribution in [3.05, 3.63) is 47.5 Å². The Hall–Kier alpha value is -2.38. The Labute approximate surface area is 167 Å². The molecule has 27 heavy (non-hydrogen) atoms. The number of nitrogens with zero attached hydrogens (tertiary/aromatic N) is 2. The van der Waals surface area contributed by atoms with Crippen LogP contribution in [0.3, 0.4) is 0 Å². The lowest BCUT2D eigenvalue weighted by Crippen LogP contribution is -1.98. The van der Waals surface area contributed by atoms with Crippen LogP contribution in [0.1, 0.15) is 19.5 Å². The van der Waals surface area contributed by atoms with Gasteiger partial charge in [-0.2, -0.15) is 0 Å². The molecule has 0 bridgehead atoms. The molecule has 7 heteroatoms. The molecule has 2 aromatic heterocycles. The molecule has 0 spiro atoms. The first-order valence-corrected chi connectivity index (χ1v) is 10.7. The predicted octanol–water partition coefficient (Wildman–Crippen LogP) is 5.36. The monoisotopic (exact) mass is 399 g/mol. The number of thioether (sulfide) groups is 1. The molecule has 5 nitrogen and oxygen atoms in total. The molecule has 0 aliphatic heterocycles. The molecule has 1 aromatic carbocycles. The van der Waals surface area contributed by atoms with Crippen molar-refractivity contribution >= 4 is 28.1 Å². The quantitative estimate of drug-likeness (QED) is 0.428. The maximum absolute atomic E-state index is 7.95. The number of hydrogen-bond acceptors (Lipinski definition) is 7. The Bertz CT molecular complexity index is 940. The summed E-state index contributed by atoms with van der Waals surface area (Å²) in [5.74, 6) is 1.46. The van der Waals surface area contributed by atoms with Gasteiger partial charge < -0.3 is 9.47 Å². The lowest BCUT2D eigenvalue weighted by Gasteiger charge is -2.11. The third-order valence-electron chi connectivity index (χ3n) is 3.74. The molecular formula is C20H21N3O2S2. The van der Waals surface area contributed by atoms with Crippen molar-refractivity contribution < 1.29 is 9.47 Å². The van der Waals surface area contributed by atoms with E-state index in [0.717, 1.165) is 33.5 Å². The zero-order valence-electron chi connectivity index (χ0n) is 15.5. The summed E-state index contributed by atoms with van der Waals surface area (Å²) in [6, 6.07) is 11.5. The Morgan fingerprint density at radius 3 is 2.56 bits per heavy atom. The first kappa shape index (κ1) is 19.4. The molecule has 3 aromatic rings. The van der Waals surface area contributed by atoms with Crippen molar-refractivity contribution in [2.45, 2.75) is 13.8 Å². The summed E-state index contributed by atoms with van der Waals surface area (Å²) in [6.45, 7) is 5.07. The number of aromatic nitrogens is 2. The van der Waals surface area contributed by atoms with Crippen molar-refractivity contribution in [2.24, 2.45) is 0 Å². The molecule has 1 N–H and O–H groups in total. The summed E-state index contributed by atoms with van der Waals surface area (Å²) >= 11 is 2.93. The molecule has 3 rings (SSSR count). The van der Waals surface area contributed by atoms with E-state index < -0.39 is 0 Å². The zero-order valence-corrected chi connectivity index (χ0v) is 17.1. The molecule has 0 radical (unpaired) electrons. The average Bonchev–Trinajstić information content (AvgIpc) is 3.19. The SMILES string of the molecule is CCOc1ccc(-c2nc(-c3cccc(C(=N)SC)n3)cs2)cc1OCC. The highest BCUT2D eigenvalue weighted by molar-refractivity contribution is 8.13. The molecule has 2 heterocycles. The van der Waals surface area contributed by atoms with E-state index in [1.165, 1.54) is 11.8 Å². The smallest absolute Gasteiger partial charge is 0.161 e. The van der Waals surface area contributed by atoms with E-state index in [2.05, 4.69) is 4.98 Å². The van der Waals surface area contributed by atoms with Gasteiger partial charge in [-0.25, -0.2) is 9.97 Å². The Morgan fingerprint density at radius 2 is 1.81 bits per heavy atom. The van der Waals surface area contributed by atoms with Gasteiger partial charge in [0.15, 0.2) is 11.5 Å². The first-order chi connectivity index (χ1) is 13.2. The van der Waals surface area contributed by atoms with E-state index in [1.54, 1.807) is 11.3 Å². The summed E-state index contributed by atoms with van der Waals surface area (Å²) < 4.78 is 11.3. The van der Waals surface area contributed by atoms with Crippen LogP contribution in [-0.4, -0.2) is 34.5 Å². The van der Waals surface area contributed by atoms with Crippen LogP contribution in [0.4, 0.5) is 0 Å². The number of benzene rings is 1. The maximum Gasteiger partial charge on any atom is 0.161 e. The zero-order chi connectivity index (χ0) is 19.2. The fraction of sp³-hybridized carbons (Fsp3) is 0.250. The molecule has 0 atom stereocenters. The second-order valence-electron chi connectivity index (χ2n) is 5.51. The number of nitrogens with one attached hydrogen (secondary N) is 1. The van der Waals surface area contributed by atoms with Crippen molar-refractivity contribution in [3.63, 3.8) is 0 Å². The van der Waals surface area contributed by atoms with Gasteiger partial charge in [0, 0.05) is 10.9 Å². The van der Waals surface area contributed by atoms with Crippen molar-refractivity contribution in [1.29, 1.82) is 5.41 Å². The van der Waals surface area contributed by atoms with E-state index in [-0.39, 0.29) is 0 Å². The van der Waals surface area contributed by atoms with E-state index in [9.17, 15) is 0 Å². The minimum Gasteiger partial charge on any atom is -0.490 e. The summed E-state index contributed by atoms with van der Waals surface area (Å²) in [5, 5.41) is 11.3. The standard InChI is InChI=1S/C20H21N3O2S2/c1-4-24-17-10-9-13(11-18(17)25-5-2)20-23-16(12-27-20)14-7-6-8-15(22-14)19(21)26-3/h6-12,21H,4-5H2,1-3H3. The normalized spacial score (nSPS) is 10.6. The topological polar surface area (TPSA) is 68.1 Å². The number of rotatable bonds is 7. The Morgan fingerprint density at radius 1 is 1.04 bits per heavy atom. The summed E-state index contributed by atoms with van der Waals surface area (Å²) in [7, 11) is 0. The molecule has 140 valence electrons. The average molecular weight is 400 g/mol. The van der Waals surface area contributed by atoms with Crippen LogP contribution in [0.25, 0.3) is 22.0 Å². The number of pyridine rings is 1. The molecular weight excluding hydrogens is 378 g/mol. The molecule has 0 saturated carbocycles. The maximum atomic E-state index is 7.95.